The van der Waals surface area contributed by atoms with Crippen molar-refractivity contribution in [3.8, 4) is 17.2 Å². The molecule has 4 aromatic carbocycles. The molecule has 0 saturated heterocycles. The van der Waals surface area contributed by atoms with Gasteiger partial charge in [-0.1, -0.05) is 77.5 Å². The molecule has 0 saturated carbocycles. The highest BCUT2D eigenvalue weighted by Crippen LogP contribution is 2.42. The van der Waals surface area contributed by atoms with Crippen LogP contribution in [0.3, 0.4) is 0 Å². The van der Waals surface area contributed by atoms with Gasteiger partial charge in [-0.25, -0.2) is 4.99 Å². The zero-order chi connectivity index (χ0) is 31.1. The molecule has 0 spiro atoms. The minimum absolute atomic E-state index is 0.0842. The summed E-state index contributed by atoms with van der Waals surface area (Å²) in [6.07, 6.45) is 3.60. The Morgan fingerprint density at radius 3 is 2.53 bits per heavy atom. The van der Waals surface area contributed by atoms with Crippen LogP contribution in [0.5, 0.6) is 17.2 Å². The normalized spacial score (nSPS) is 15.6. The Morgan fingerprint density at radius 2 is 1.73 bits per heavy atom. The van der Waals surface area contributed by atoms with Crippen molar-refractivity contribution >= 4 is 50.6 Å². The van der Waals surface area contributed by atoms with Gasteiger partial charge in [-0.3, -0.25) is 9.36 Å². The molecule has 1 aromatic heterocycles. The SMILES string of the molecule is COc1ccc([C@H]2C3=C(N=c4s/c(=C\c5ccc(OCc6ccccc6Cl)c(Br)c5)c(=O)n42)c2ccccc2CC3)cc1OC. The van der Waals surface area contributed by atoms with Gasteiger partial charge in [0.25, 0.3) is 5.56 Å². The molecule has 1 aliphatic carbocycles. The first kappa shape index (κ1) is 29.6. The van der Waals surface area contributed by atoms with Crippen molar-refractivity contribution in [2.75, 3.05) is 14.2 Å². The Bertz CT molecular complexity index is 2170. The summed E-state index contributed by atoms with van der Waals surface area (Å²) in [5.74, 6) is 1.95. The highest BCUT2D eigenvalue weighted by Gasteiger charge is 2.33. The Balaban J connectivity index is 1.31. The average Bonchev–Trinajstić information content (AvgIpc) is 3.37. The van der Waals surface area contributed by atoms with E-state index >= 15 is 0 Å². The van der Waals surface area contributed by atoms with Crippen molar-refractivity contribution < 1.29 is 14.2 Å². The van der Waals surface area contributed by atoms with E-state index in [1.54, 1.807) is 14.2 Å². The van der Waals surface area contributed by atoms with Gasteiger partial charge >= 0.3 is 0 Å². The number of benzene rings is 4. The van der Waals surface area contributed by atoms with Crippen LogP contribution >= 0.6 is 38.9 Å². The van der Waals surface area contributed by atoms with Gasteiger partial charge in [-0.2, -0.15) is 0 Å². The molecule has 0 amide bonds. The van der Waals surface area contributed by atoms with E-state index < -0.39 is 0 Å². The van der Waals surface area contributed by atoms with Gasteiger partial charge in [-0.15, -0.1) is 0 Å². The molecule has 0 fully saturated rings. The number of aryl methyl sites for hydroxylation is 1. The number of rotatable bonds is 7. The number of halogens is 2. The van der Waals surface area contributed by atoms with Gasteiger partial charge in [0, 0.05) is 16.1 Å². The van der Waals surface area contributed by atoms with Crippen LogP contribution in [0.1, 0.15) is 40.3 Å². The van der Waals surface area contributed by atoms with E-state index in [4.69, 9.17) is 30.8 Å². The van der Waals surface area contributed by atoms with Gasteiger partial charge in [0.15, 0.2) is 16.3 Å². The summed E-state index contributed by atoms with van der Waals surface area (Å²) in [6.45, 7) is 0.347. The lowest BCUT2D eigenvalue weighted by molar-refractivity contribution is 0.304. The predicted molar refractivity (Wildman–Crippen MR) is 182 cm³/mol. The summed E-state index contributed by atoms with van der Waals surface area (Å²) in [6, 6.07) is 27.4. The second-order valence-electron chi connectivity index (χ2n) is 10.8. The molecule has 0 bridgehead atoms. The first-order chi connectivity index (χ1) is 21.9. The maximum absolute atomic E-state index is 14.2. The highest BCUT2D eigenvalue weighted by atomic mass is 79.9. The second kappa shape index (κ2) is 12.4. The number of hydrogen-bond donors (Lipinski definition) is 0. The van der Waals surface area contributed by atoms with Crippen LogP contribution in [-0.2, 0) is 13.0 Å². The quantitative estimate of drug-likeness (QED) is 0.179. The molecule has 0 unspecified atom stereocenters. The smallest absolute Gasteiger partial charge is 0.271 e. The van der Waals surface area contributed by atoms with Crippen LogP contribution in [0.25, 0.3) is 11.8 Å². The summed E-state index contributed by atoms with van der Waals surface area (Å²) in [5, 5.41) is 0.664. The van der Waals surface area contributed by atoms with Crippen molar-refractivity contribution in [3.05, 3.63) is 148 Å². The van der Waals surface area contributed by atoms with Gasteiger partial charge in [-0.05, 0) is 87.4 Å². The maximum Gasteiger partial charge on any atom is 0.271 e. The van der Waals surface area contributed by atoms with Crippen LogP contribution in [0, 0.1) is 0 Å². The third kappa shape index (κ3) is 5.52. The average molecular weight is 700 g/mol. The number of ether oxygens (including phenoxy) is 3. The number of fused-ring (bicyclic) bond motifs is 3. The van der Waals surface area contributed by atoms with Crippen molar-refractivity contribution in [2.45, 2.75) is 25.5 Å². The topological polar surface area (TPSA) is 62.0 Å². The monoisotopic (exact) mass is 698 g/mol. The number of hydrogen-bond acceptors (Lipinski definition) is 6. The number of nitrogens with zero attached hydrogens (tertiary/aromatic N) is 2. The third-order valence-electron chi connectivity index (χ3n) is 8.19. The van der Waals surface area contributed by atoms with E-state index in [1.807, 2.05) is 77.4 Å². The van der Waals surface area contributed by atoms with Crippen LogP contribution < -0.4 is 29.1 Å². The summed E-state index contributed by atoms with van der Waals surface area (Å²) >= 11 is 11.3. The fraction of sp³-hybridized carbons (Fsp3) is 0.167. The van der Waals surface area contributed by atoms with E-state index in [2.05, 4.69) is 34.1 Å². The summed E-state index contributed by atoms with van der Waals surface area (Å²) in [5.41, 5.74) is 7.11. The Kier molecular flexibility index (Phi) is 8.12. The summed E-state index contributed by atoms with van der Waals surface area (Å²) < 4.78 is 20.4. The lowest BCUT2D eigenvalue weighted by Crippen LogP contribution is -2.38. The molecule has 9 heteroatoms. The molecule has 45 heavy (non-hydrogen) atoms. The molecule has 5 aromatic rings. The Hall–Kier alpha value is -4.11. The van der Waals surface area contributed by atoms with Crippen LogP contribution in [0.4, 0.5) is 0 Å². The van der Waals surface area contributed by atoms with Gasteiger partial charge in [0.2, 0.25) is 0 Å². The molecule has 2 aliphatic rings. The van der Waals surface area contributed by atoms with Crippen molar-refractivity contribution in [2.24, 2.45) is 4.99 Å². The molecule has 2 heterocycles. The largest absolute Gasteiger partial charge is 0.493 e. The summed E-state index contributed by atoms with van der Waals surface area (Å²) in [4.78, 5) is 20.0. The van der Waals surface area contributed by atoms with Crippen molar-refractivity contribution in [1.82, 2.24) is 4.57 Å². The number of allylic oxidation sites excluding steroid dienone is 1. The minimum atomic E-state index is -0.320. The lowest BCUT2D eigenvalue weighted by atomic mass is 9.83. The number of aromatic nitrogens is 1. The first-order valence-corrected chi connectivity index (χ1v) is 16.4. The molecule has 1 atom stereocenters. The molecule has 0 N–H and O–H groups in total. The molecule has 6 nitrogen and oxygen atoms in total. The number of thiazole rings is 1. The van der Waals surface area contributed by atoms with Crippen LogP contribution in [-0.4, -0.2) is 18.8 Å². The zero-order valence-electron chi connectivity index (χ0n) is 24.6. The third-order valence-corrected chi connectivity index (χ3v) is 10.2. The van der Waals surface area contributed by atoms with Crippen LogP contribution in [0.2, 0.25) is 5.02 Å². The fourth-order valence-corrected chi connectivity index (χ4v) is 7.69. The highest BCUT2D eigenvalue weighted by molar-refractivity contribution is 9.10. The Morgan fingerprint density at radius 1 is 0.956 bits per heavy atom. The molecule has 1 aliphatic heterocycles. The van der Waals surface area contributed by atoms with E-state index in [9.17, 15) is 4.79 Å². The number of methoxy groups -OCH3 is 2. The zero-order valence-corrected chi connectivity index (χ0v) is 27.7. The van der Waals surface area contributed by atoms with E-state index in [0.717, 1.165) is 50.8 Å². The van der Waals surface area contributed by atoms with E-state index in [-0.39, 0.29) is 11.6 Å². The van der Waals surface area contributed by atoms with Crippen LogP contribution in [0.15, 0.2) is 105 Å². The summed E-state index contributed by atoms with van der Waals surface area (Å²) in [7, 11) is 3.25. The maximum atomic E-state index is 14.2. The fourth-order valence-electron chi connectivity index (χ4n) is 5.99. The molecular formula is C36H28BrClN2O4S. The predicted octanol–water partition coefficient (Wildman–Crippen LogP) is 7.33. The van der Waals surface area contributed by atoms with E-state index in [1.165, 1.54) is 16.9 Å². The van der Waals surface area contributed by atoms with Gasteiger partial charge in [0.05, 0.1) is 35.0 Å². The first-order valence-electron chi connectivity index (χ1n) is 14.5. The standard InChI is InChI=1S/C36H28BrClN2O4S/c1-42-30-16-13-23(19-31(30)43-2)34-26-14-12-22-7-3-5-9-25(22)33(26)39-36-40(34)35(41)32(45-36)18-21-11-15-29(27(37)17-21)44-20-24-8-4-6-10-28(24)38/h3-11,13,15-19,34H,12,14,20H2,1-2H3/b32-18-/t34-/m0/s1. The molecule has 0 radical (unpaired) electrons. The molecular weight excluding hydrogens is 672 g/mol. The molecule has 226 valence electrons. The minimum Gasteiger partial charge on any atom is -0.493 e. The lowest BCUT2D eigenvalue weighted by Gasteiger charge is -2.31. The van der Waals surface area contributed by atoms with Crippen molar-refractivity contribution in [1.29, 1.82) is 0 Å². The Labute approximate surface area is 277 Å². The second-order valence-corrected chi connectivity index (χ2v) is 13.1. The molecule has 7 rings (SSSR count). The van der Waals surface area contributed by atoms with E-state index in [0.29, 0.717) is 38.2 Å². The van der Waals surface area contributed by atoms with Gasteiger partial charge < -0.3 is 14.2 Å². The van der Waals surface area contributed by atoms with Gasteiger partial charge in [0.1, 0.15) is 12.4 Å². The van der Waals surface area contributed by atoms with Crippen molar-refractivity contribution in [3.63, 3.8) is 0 Å².